The van der Waals surface area contributed by atoms with E-state index in [-0.39, 0.29) is 0 Å². The number of aliphatic imine (C=N–C) groups is 1. The van der Waals surface area contributed by atoms with Crippen molar-refractivity contribution in [1.82, 2.24) is 10.2 Å². The zero-order chi connectivity index (χ0) is 18.1. The van der Waals surface area contributed by atoms with E-state index in [9.17, 15) is 0 Å². The highest BCUT2D eigenvalue weighted by molar-refractivity contribution is 5.79. The minimum Gasteiger partial charge on any atom is -0.493 e. The van der Waals surface area contributed by atoms with E-state index in [1.54, 1.807) is 14.2 Å². The Kier molecular flexibility index (Phi) is 7.85. The van der Waals surface area contributed by atoms with Crippen molar-refractivity contribution in [1.29, 1.82) is 0 Å². The molecule has 0 atom stereocenters. The Morgan fingerprint density at radius 1 is 1.32 bits per heavy atom. The van der Waals surface area contributed by atoms with Crippen molar-refractivity contribution in [3.63, 3.8) is 0 Å². The van der Waals surface area contributed by atoms with Gasteiger partial charge in [-0.05, 0) is 43.4 Å². The van der Waals surface area contributed by atoms with Crippen LogP contribution in [0.5, 0.6) is 11.5 Å². The normalized spacial score (nSPS) is 14.3. The Morgan fingerprint density at radius 2 is 2.12 bits per heavy atom. The van der Waals surface area contributed by atoms with Gasteiger partial charge in [0.1, 0.15) is 0 Å². The molecule has 1 aromatic carbocycles. The van der Waals surface area contributed by atoms with Gasteiger partial charge in [0.05, 0.1) is 20.3 Å². The second-order valence-corrected chi connectivity index (χ2v) is 6.26. The highest BCUT2D eigenvalue weighted by Crippen LogP contribution is 2.29. The number of ether oxygens (including phenoxy) is 3. The average Bonchev–Trinajstić information content (AvgIpc) is 3.44. The molecule has 1 fully saturated rings. The summed E-state index contributed by atoms with van der Waals surface area (Å²) >= 11 is 0. The molecule has 1 aliphatic rings. The van der Waals surface area contributed by atoms with E-state index >= 15 is 0 Å². The summed E-state index contributed by atoms with van der Waals surface area (Å²) in [5.74, 6) is 3.17. The van der Waals surface area contributed by atoms with Gasteiger partial charge in [-0.1, -0.05) is 6.07 Å². The minimum atomic E-state index is 0.610. The van der Waals surface area contributed by atoms with E-state index in [0.29, 0.717) is 13.2 Å². The molecule has 1 aliphatic carbocycles. The molecule has 0 spiro atoms. The van der Waals surface area contributed by atoms with E-state index in [0.717, 1.165) is 48.7 Å². The van der Waals surface area contributed by atoms with Gasteiger partial charge in [-0.3, -0.25) is 4.99 Å². The van der Waals surface area contributed by atoms with Crippen LogP contribution in [-0.4, -0.2) is 58.4 Å². The molecule has 25 heavy (non-hydrogen) atoms. The standard InChI is InChI=1S/C19H31N3O3/c1-5-25-18-12-16(8-9-17(18)23-4)13-21-19(20-2)22(3)10-11-24-14-15-6-7-15/h8-9,12,15H,5-7,10-11,13-14H2,1-4H3,(H,20,21). The summed E-state index contributed by atoms with van der Waals surface area (Å²) in [5, 5.41) is 3.38. The number of hydrogen-bond donors (Lipinski definition) is 1. The van der Waals surface area contributed by atoms with E-state index in [4.69, 9.17) is 14.2 Å². The predicted octanol–water partition coefficient (Wildman–Crippen LogP) is 2.53. The summed E-state index contributed by atoms with van der Waals surface area (Å²) < 4.78 is 16.7. The first-order chi connectivity index (χ1) is 12.2. The molecule has 0 aromatic heterocycles. The van der Waals surface area contributed by atoms with E-state index in [1.807, 2.05) is 32.2 Å². The number of hydrogen-bond acceptors (Lipinski definition) is 4. The molecule has 0 saturated heterocycles. The number of likely N-dealkylation sites (N-methyl/N-ethyl adjacent to an activating group) is 1. The number of rotatable bonds is 10. The molecule has 1 aromatic rings. The Hall–Kier alpha value is -1.95. The van der Waals surface area contributed by atoms with Crippen LogP contribution in [0.15, 0.2) is 23.2 Å². The van der Waals surface area contributed by atoms with Crippen LogP contribution in [0.2, 0.25) is 0 Å². The Bertz CT molecular complexity index is 559. The van der Waals surface area contributed by atoms with Gasteiger partial charge in [0.15, 0.2) is 17.5 Å². The third kappa shape index (κ3) is 6.46. The molecule has 140 valence electrons. The molecule has 2 rings (SSSR count). The van der Waals surface area contributed by atoms with E-state index in [2.05, 4.69) is 15.2 Å². The van der Waals surface area contributed by atoms with Gasteiger partial charge in [0.2, 0.25) is 0 Å². The maximum Gasteiger partial charge on any atom is 0.193 e. The predicted molar refractivity (Wildman–Crippen MR) is 101 cm³/mol. The fourth-order valence-corrected chi connectivity index (χ4v) is 2.51. The Morgan fingerprint density at radius 3 is 2.76 bits per heavy atom. The first-order valence-electron chi connectivity index (χ1n) is 8.97. The van der Waals surface area contributed by atoms with Crippen LogP contribution in [0, 0.1) is 5.92 Å². The van der Waals surface area contributed by atoms with E-state index < -0.39 is 0 Å². The molecular formula is C19H31N3O3. The molecule has 0 aliphatic heterocycles. The third-order valence-corrected chi connectivity index (χ3v) is 4.17. The molecule has 6 nitrogen and oxygen atoms in total. The SMILES string of the molecule is CCOc1cc(CNC(=NC)N(C)CCOCC2CC2)ccc1OC. The van der Waals surface area contributed by atoms with Gasteiger partial charge in [0.25, 0.3) is 0 Å². The first-order valence-corrected chi connectivity index (χ1v) is 8.97. The van der Waals surface area contributed by atoms with Gasteiger partial charge >= 0.3 is 0 Å². The third-order valence-electron chi connectivity index (χ3n) is 4.17. The lowest BCUT2D eigenvalue weighted by molar-refractivity contribution is 0.115. The van der Waals surface area contributed by atoms with Crippen molar-refractivity contribution in [2.75, 3.05) is 47.6 Å². The number of benzene rings is 1. The summed E-state index contributed by atoms with van der Waals surface area (Å²) in [6.07, 6.45) is 2.65. The summed E-state index contributed by atoms with van der Waals surface area (Å²) in [4.78, 5) is 6.42. The van der Waals surface area contributed by atoms with Crippen molar-refractivity contribution in [3.05, 3.63) is 23.8 Å². The highest BCUT2D eigenvalue weighted by atomic mass is 16.5. The molecule has 6 heteroatoms. The molecular weight excluding hydrogens is 318 g/mol. The summed E-state index contributed by atoms with van der Waals surface area (Å²) in [5.41, 5.74) is 1.11. The van der Waals surface area contributed by atoms with Crippen molar-refractivity contribution in [3.8, 4) is 11.5 Å². The highest BCUT2D eigenvalue weighted by Gasteiger charge is 2.21. The van der Waals surface area contributed by atoms with Gasteiger partial charge in [-0.2, -0.15) is 0 Å². The second kappa shape index (κ2) is 10.1. The van der Waals surface area contributed by atoms with Crippen LogP contribution in [0.1, 0.15) is 25.3 Å². The summed E-state index contributed by atoms with van der Waals surface area (Å²) in [7, 11) is 5.47. The van der Waals surface area contributed by atoms with Gasteiger partial charge in [0, 0.05) is 33.8 Å². The maximum absolute atomic E-state index is 5.70. The lowest BCUT2D eigenvalue weighted by Gasteiger charge is -2.22. The molecule has 0 heterocycles. The number of methoxy groups -OCH3 is 1. The topological polar surface area (TPSA) is 55.3 Å². The summed E-state index contributed by atoms with van der Waals surface area (Å²) in [6, 6.07) is 5.96. The largest absolute Gasteiger partial charge is 0.493 e. The maximum atomic E-state index is 5.70. The zero-order valence-corrected chi connectivity index (χ0v) is 15.9. The quantitative estimate of drug-likeness (QED) is 0.400. The Balaban J connectivity index is 1.81. The number of nitrogens with one attached hydrogen (secondary N) is 1. The van der Waals surface area contributed by atoms with Crippen LogP contribution in [0.25, 0.3) is 0 Å². The van der Waals surface area contributed by atoms with Crippen LogP contribution in [-0.2, 0) is 11.3 Å². The van der Waals surface area contributed by atoms with Crippen molar-refractivity contribution < 1.29 is 14.2 Å². The first kappa shape index (κ1) is 19.4. The summed E-state index contributed by atoms with van der Waals surface area (Å²) in [6.45, 7) is 5.69. The number of guanidine groups is 1. The molecule has 0 unspecified atom stereocenters. The van der Waals surface area contributed by atoms with Crippen molar-refractivity contribution >= 4 is 5.96 Å². The van der Waals surface area contributed by atoms with E-state index in [1.165, 1.54) is 12.8 Å². The lowest BCUT2D eigenvalue weighted by Crippen LogP contribution is -2.40. The van der Waals surface area contributed by atoms with Crippen molar-refractivity contribution in [2.24, 2.45) is 10.9 Å². The minimum absolute atomic E-state index is 0.610. The van der Waals surface area contributed by atoms with Crippen LogP contribution in [0.4, 0.5) is 0 Å². The molecule has 0 bridgehead atoms. The fourth-order valence-electron chi connectivity index (χ4n) is 2.51. The van der Waals surface area contributed by atoms with Crippen LogP contribution >= 0.6 is 0 Å². The molecule has 0 amide bonds. The van der Waals surface area contributed by atoms with Gasteiger partial charge in [-0.15, -0.1) is 0 Å². The lowest BCUT2D eigenvalue weighted by atomic mass is 10.2. The van der Waals surface area contributed by atoms with Gasteiger partial charge < -0.3 is 24.4 Å². The smallest absolute Gasteiger partial charge is 0.193 e. The fraction of sp³-hybridized carbons (Fsp3) is 0.632. The average molecular weight is 349 g/mol. The van der Waals surface area contributed by atoms with Crippen LogP contribution in [0.3, 0.4) is 0 Å². The molecule has 1 N–H and O–H groups in total. The van der Waals surface area contributed by atoms with Crippen LogP contribution < -0.4 is 14.8 Å². The number of nitrogens with zero attached hydrogens (tertiary/aromatic N) is 2. The zero-order valence-electron chi connectivity index (χ0n) is 15.9. The van der Waals surface area contributed by atoms with Gasteiger partial charge in [-0.25, -0.2) is 0 Å². The second-order valence-electron chi connectivity index (χ2n) is 6.26. The molecule has 1 saturated carbocycles. The Labute approximate surface area is 151 Å². The molecule has 0 radical (unpaired) electrons. The van der Waals surface area contributed by atoms with Crippen molar-refractivity contribution in [2.45, 2.75) is 26.3 Å². The monoisotopic (exact) mass is 349 g/mol.